The van der Waals surface area contributed by atoms with Gasteiger partial charge in [-0.25, -0.2) is 0 Å². The van der Waals surface area contributed by atoms with E-state index in [0.29, 0.717) is 24.5 Å². The van der Waals surface area contributed by atoms with Gasteiger partial charge in [-0.05, 0) is 73.5 Å². The van der Waals surface area contributed by atoms with Gasteiger partial charge in [0.15, 0.2) is 23.0 Å². The fraction of sp³-hybridized carbons (Fsp3) is 0.423. The van der Waals surface area contributed by atoms with Crippen LogP contribution < -0.4 is 18.9 Å². The van der Waals surface area contributed by atoms with Gasteiger partial charge in [0.25, 0.3) is 0 Å². The molecule has 3 rings (SSSR count). The maximum atomic E-state index is 12.8. The lowest BCUT2D eigenvalue weighted by Crippen LogP contribution is -2.30. The molecule has 1 amide bonds. The number of methoxy groups -OCH3 is 4. The summed E-state index contributed by atoms with van der Waals surface area (Å²) in [6, 6.07) is 9.84. The van der Waals surface area contributed by atoms with Crippen LogP contribution in [-0.2, 0) is 17.6 Å². The Morgan fingerprint density at radius 2 is 1.53 bits per heavy atom. The van der Waals surface area contributed by atoms with Crippen molar-refractivity contribution in [3.05, 3.63) is 53.2 Å². The maximum absolute atomic E-state index is 12.8. The molecule has 0 atom stereocenters. The van der Waals surface area contributed by atoms with E-state index in [1.54, 1.807) is 33.3 Å². The molecule has 186 valence electrons. The summed E-state index contributed by atoms with van der Waals surface area (Å²) in [7, 11) is 8.62. The summed E-state index contributed by atoms with van der Waals surface area (Å²) >= 11 is 0. The molecule has 34 heavy (non-hydrogen) atoms. The summed E-state index contributed by atoms with van der Waals surface area (Å²) in [6.45, 7) is 2.50. The number of hydrogen-bond acceptors (Lipinski definition) is 6. The summed E-state index contributed by atoms with van der Waals surface area (Å²) < 4.78 is 21.5. The highest BCUT2D eigenvalue weighted by atomic mass is 35.5. The van der Waals surface area contributed by atoms with Crippen LogP contribution in [0.15, 0.2) is 36.5 Å². The van der Waals surface area contributed by atoms with E-state index in [9.17, 15) is 4.79 Å². The summed E-state index contributed by atoms with van der Waals surface area (Å²) in [5.74, 6) is 2.88. The highest BCUT2D eigenvalue weighted by Crippen LogP contribution is 2.33. The van der Waals surface area contributed by atoms with E-state index in [1.807, 2.05) is 36.5 Å². The first kappa shape index (κ1) is 27.3. The molecule has 0 fully saturated rings. The molecule has 1 aliphatic heterocycles. The zero-order valence-corrected chi connectivity index (χ0v) is 21.4. The van der Waals surface area contributed by atoms with Crippen LogP contribution in [0.2, 0.25) is 0 Å². The first-order valence-corrected chi connectivity index (χ1v) is 11.1. The summed E-state index contributed by atoms with van der Waals surface area (Å²) in [6.07, 6.45) is 6.00. The molecule has 1 aliphatic rings. The van der Waals surface area contributed by atoms with E-state index in [4.69, 9.17) is 18.9 Å². The molecule has 0 bridgehead atoms. The van der Waals surface area contributed by atoms with Crippen LogP contribution >= 0.6 is 12.4 Å². The Balaban J connectivity index is 0.00000408. The van der Waals surface area contributed by atoms with Crippen LogP contribution in [0.4, 0.5) is 0 Å². The smallest absolute Gasteiger partial charge is 0.230 e. The Morgan fingerprint density at radius 3 is 2.21 bits per heavy atom. The van der Waals surface area contributed by atoms with Crippen molar-refractivity contribution < 1.29 is 23.7 Å². The molecular weight excluding hydrogens is 456 g/mol. The van der Waals surface area contributed by atoms with Crippen molar-refractivity contribution in [2.45, 2.75) is 19.3 Å². The highest BCUT2D eigenvalue weighted by Gasteiger charge is 2.19. The van der Waals surface area contributed by atoms with E-state index in [1.165, 1.54) is 5.56 Å². The molecule has 0 aromatic heterocycles. The Bertz CT molecular complexity index is 995. The number of carbonyl (C=O) groups is 1. The first-order chi connectivity index (χ1) is 16.0. The zero-order valence-electron chi connectivity index (χ0n) is 20.6. The quantitative estimate of drug-likeness (QED) is 0.473. The topological polar surface area (TPSA) is 60.5 Å². The van der Waals surface area contributed by atoms with Gasteiger partial charge in [-0.1, -0.05) is 6.07 Å². The molecule has 7 nitrogen and oxygen atoms in total. The normalized spacial score (nSPS) is 12.6. The standard InChI is InChI=1S/C26H34N2O5.ClH/c1-27(13-9-19-7-8-22(30-2)23(15-19)31-3)11-6-12-28-14-10-20-16-24(32-4)25(33-5)17-21(20)18-26(28)29;/h7-8,10,14-17H,6,9,11-13,18H2,1-5H3;1H. The minimum Gasteiger partial charge on any atom is -0.493 e. The predicted molar refractivity (Wildman–Crippen MR) is 137 cm³/mol. The van der Waals surface area contributed by atoms with Gasteiger partial charge in [-0.15, -0.1) is 12.4 Å². The van der Waals surface area contributed by atoms with E-state index in [0.717, 1.165) is 48.6 Å². The van der Waals surface area contributed by atoms with Gasteiger partial charge in [-0.2, -0.15) is 0 Å². The lowest BCUT2D eigenvalue weighted by Gasteiger charge is -2.21. The number of amides is 1. The number of carbonyl (C=O) groups excluding carboxylic acids is 1. The number of hydrogen-bond donors (Lipinski definition) is 0. The summed E-state index contributed by atoms with van der Waals surface area (Å²) in [5.41, 5.74) is 3.13. The average Bonchev–Trinajstić information content (AvgIpc) is 2.99. The second-order valence-electron chi connectivity index (χ2n) is 8.08. The van der Waals surface area contributed by atoms with Crippen LogP contribution in [0, 0.1) is 0 Å². The van der Waals surface area contributed by atoms with Crippen molar-refractivity contribution in [2.24, 2.45) is 0 Å². The monoisotopic (exact) mass is 490 g/mol. The molecule has 2 aromatic rings. The molecule has 0 saturated carbocycles. The summed E-state index contributed by atoms with van der Waals surface area (Å²) in [4.78, 5) is 16.9. The molecule has 0 aliphatic carbocycles. The van der Waals surface area contributed by atoms with Gasteiger partial charge in [-0.3, -0.25) is 4.79 Å². The van der Waals surface area contributed by atoms with Crippen LogP contribution in [-0.4, -0.2) is 70.8 Å². The van der Waals surface area contributed by atoms with Crippen molar-refractivity contribution >= 4 is 24.4 Å². The summed E-state index contributed by atoms with van der Waals surface area (Å²) in [5, 5.41) is 0. The Hall–Kier alpha value is -2.90. The number of rotatable bonds is 11. The van der Waals surface area contributed by atoms with Gasteiger partial charge < -0.3 is 28.7 Å². The predicted octanol–water partition coefficient (Wildman–Crippen LogP) is 4.06. The number of benzene rings is 2. The molecule has 0 N–H and O–H groups in total. The molecular formula is C26H35ClN2O5. The number of halogens is 1. The van der Waals surface area contributed by atoms with Crippen molar-refractivity contribution in [3.63, 3.8) is 0 Å². The van der Waals surface area contributed by atoms with E-state index < -0.39 is 0 Å². The third kappa shape index (κ3) is 6.81. The fourth-order valence-electron chi connectivity index (χ4n) is 3.94. The molecule has 0 radical (unpaired) electrons. The largest absolute Gasteiger partial charge is 0.493 e. The molecule has 8 heteroatoms. The lowest BCUT2D eigenvalue weighted by atomic mass is 10.0. The molecule has 0 unspecified atom stereocenters. The number of ether oxygens (including phenoxy) is 4. The fourth-order valence-corrected chi connectivity index (χ4v) is 3.94. The van der Waals surface area contributed by atoms with Crippen LogP contribution in [0.3, 0.4) is 0 Å². The Kier molecular flexibility index (Phi) is 10.5. The van der Waals surface area contributed by atoms with Gasteiger partial charge in [0.1, 0.15) is 0 Å². The molecule has 0 spiro atoms. The van der Waals surface area contributed by atoms with Gasteiger partial charge >= 0.3 is 0 Å². The minimum absolute atomic E-state index is 0. The van der Waals surface area contributed by atoms with Gasteiger partial charge in [0.2, 0.25) is 5.91 Å². The number of fused-ring (bicyclic) bond motifs is 1. The van der Waals surface area contributed by atoms with Crippen molar-refractivity contribution in [1.82, 2.24) is 9.80 Å². The second-order valence-corrected chi connectivity index (χ2v) is 8.08. The maximum Gasteiger partial charge on any atom is 0.230 e. The highest BCUT2D eigenvalue weighted by molar-refractivity contribution is 5.85. The number of likely N-dealkylation sites (N-methyl/N-ethyl adjacent to an activating group) is 1. The first-order valence-electron chi connectivity index (χ1n) is 11.1. The van der Waals surface area contributed by atoms with Crippen LogP contribution in [0.1, 0.15) is 23.1 Å². The second kappa shape index (κ2) is 13.1. The van der Waals surface area contributed by atoms with E-state index >= 15 is 0 Å². The lowest BCUT2D eigenvalue weighted by molar-refractivity contribution is -0.127. The van der Waals surface area contributed by atoms with Gasteiger partial charge in [0.05, 0.1) is 34.9 Å². The minimum atomic E-state index is 0. The van der Waals surface area contributed by atoms with E-state index in [-0.39, 0.29) is 18.3 Å². The Labute approximate surface area is 208 Å². The SMILES string of the molecule is COc1ccc(CCN(C)CCCN2C=Cc3cc(OC)c(OC)cc3CC2=O)cc1OC.Cl. The van der Waals surface area contributed by atoms with E-state index in [2.05, 4.69) is 18.0 Å². The molecule has 1 heterocycles. The third-order valence-electron chi connectivity index (χ3n) is 5.91. The molecule has 0 saturated heterocycles. The van der Waals surface area contributed by atoms with Crippen molar-refractivity contribution in [3.8, 4) is 23.0 Å². The number of nitrogens with zero attached hydrogens (tertiary/aromatic N) is 2. The zero-order chi connectivity index (χ0) is 23.8. The third-order valence-corrected chi connectivity index (χ3v) is 5.91. The van der Waals surface area contributed by atoms with Crippen LogP contribution in [0.25, 0.3) is 6.08 Å². The average molecular weight is 491 g/mol. The van der Waals surface area contributed by atoms with Gasteiger partial charge in [0, 0.05) is 19.3 Å². The molecule has 2 aromatic carbocycles. The van der Waals surface area contributed by atoms with Crippen LogP contribution in [0.5, 0.6) is 23.0 Å². The Morgan fingerprint density at radius 1 is 0.882 bits per heavy atom. The van der Waals surface area contributed by atoms with Crippen molar-refractivity contribution in [2.75, 3.05) is 55.1 Å². The van der Waals surface area contributed by atoms with Crippen molar-refractivity contribution in [1.29, 1.82) is 0 Å².